The highest BCUT2D eigenvalue weighted by Gasteiger charge is 2.35. The molecule has 0 bridgehead atoms. The Bertz CT molecular complexity index is 1540. The Labute approximate surface area is 237 Å². The number of benzene rings is 1. The number of amides is 2. The molecule has 1 aromatic carbocycles. The number of hydrogen-bond donors (Lipinski definition) is 1. The summed E-state index contributed by atoms with van der Waals surface area (Å²) in [6.45, 7) is 4.11. The third kappa shape index (κ3) is 5.33. The van der Waals surface area contributed by atoms with Crippen LogP contribution in [0.25, 0.3) is 21.1 Å². The quantitative estimate of drug-likeness (QED) is 0.351. The molecule has 2 aliphatic rings. The van der Waals surface area contributed by atoms with Crippen LogP contribution in [0.4, 0.5) is 5.69 Å². The van der Waals surface area contributed by atoms with Crippen molar-refractivity contribution in [3.8, 4) is 0 Å². The first-order valence-electron chi connectivity index (χ1n) is 14.0. The van der Waals surface area contributed by atoms with Gasteiger partial charge in [-0.15, -0.1) is 11.3 Å². The number of hydrogen-bond acceptors (Lipinski definition) is 8. The molecule has 11 heteroatoms. The fourth-order valence-corrected chi connectivity index (χ4v) is 6.86. The van der Waals surface area contributed by atoms with E-state index in [0.29, 0.717) is 30.3 Å². The highest BCUT2D eigenvalue weighted by molar-refractivity contribution is 7.18. The number of nitrogens with one attached hydrogen (secondary N) is 1. The van der Waals surface area contributed by atoms with Crippen molar-refractivity contribution in [1.82, 2.24) is 29.5 Å². The van der Waals surface area contributed by atoms with Gasteiger partial charge >= 0.3 is 11.8 Å². The van der Waals surface area contributed by atoms with Crippen LogP contribution < -0.4 is 5.32 Å². The molecule has 40 heavy (non-hydrogen) atoms. The lowest BCUT2D eigenvalue weighted by atomic mass is 9.89. The van der Waals surface area contributed by atoms with Crippen molar-refractivity contribution in [2.75, 3.05) is 32.6 Å². The van der Waals surface area contributed by atoms with Gasteiger partial charge in [0.15, 0.2) is 6.23 Å². The highest BCUT2D eigenvalue weighted by atomic mass is 32.1. The van der Waals surface area contributed by atoms with E-state index in [1.54, 1.807) is 39.5 Å². The Morgan fingerprint density at radius 3 is 2.83 bits per heavy atom. The number of carbonyl (C=O) groups excluding carboxylic acids is 2. The summed E-state index contributed by atoms with van der Waals surface area (Å²) < 4.78 is 8.87. The Kier molecular flexibility index (Phi) is 7.52. The molecule has 0 radical (unpaired) electrons. The Hall–Kier alpha value is -3.41. The predicted octanol–water partition coefficient (Wildman–Crippen LogP) is 4.74. The van der Waals surface area contributed by atoms with Crippen molar-refractivity contribution >= 4 is 50.0 Å². The normalized spacial score (nSPS) is 21.8. The van der Waals surface area contributed by atoms with Gasteiger partial charge in [0.2, 0.25) is 0 Å². The molecule has 1 N–H and O–H groups in total. The molecule has 210 valence electrons. The van der Waals surface area contributed by atoms with E-state index in [1.807, 2.05) is 14.1 Å². The second-order valence-electron chi connectivity index (χ2n) is 11.2. The maximum absolute atomic E-state index is 13.7. The molecule has 1 unspecified atom stereocenters. The molecule has 0 saturated carbocycles. The van der Waals surface area contributed by atoms with Gasteiger partial charge in [-0.2, -0.15) is 5.10 Å². The first-order valence-corrected chi connectivity index (χ1v) is 14.8. The minimum Gasteiger partial charge on any atom is -0.356 e. The summed E-state index contributed by atoms with van der Waals surface area (Å²) in [6.07, 6.45) is 9.51. The van der Waals surface area contributed by atoms with E-state index in [4.69, 9.17) is 9.72 Å². The van der Waals surface area contributed by atoms with Crippen molar-refractivity contribution in [1.29, 1.82) is 0 Å². The summed E-state index contributed by atoms with van der Waals surface area (Å²) in [7, 11) is 4.06. The molecule has 5 heterocycles. The SMILES string of the molecule is C[C@H]1CC[C@H](c2ccc3sc(CN(C)C)nc3c2)N(C(=O)C(=O)Nc2cncc3cnn(C4CCCCO4)c23)C1. The molecule has 2 amide bonds. The minimum absolute atomic E-state index is 0.187. The van der Waals surface area contributed by atoms with E-state index < -0.39 is 11.8 Å². The van der Waals surface area contributed by atoms with Gasteiger partial charge in [-0.1, -0.05) is 13.0 Å². The van der Waals surface area contributed by atoms with E-state index in [1.165, 1.54) is 0 Å². The zero-order chi connectivity index (χ0) is 27.8. The zero-order valence-electron chi connectivity index (χ0n) is 23.2. The third-order valence-corrected chi connectivity index (χ3v) is 8.76. The van der Waals surface area contributed by atoms with Gasteiger partial charge in [0.05, 0.1) is 39.9 Å². The molecule has 6 rings (SSSR count). The third-order valence-electron chi connectivity index (χ3n) is 7.74. The van der Waals surface area contributed by atoms with Crippen LogP contribution in [-0.4, -0.2) is 68.6 Å². The van der Waals surface area contributed by atoms with Crippen LogP contribution >= 0.6 is 11.3 Å². The van der Waals surface area contributed by atoms with Crippen molar-refractivity contribution in [3.05, 3.63) is 47.4 Å². The van der Waals surface area contributed by atoms with Crippen LogP contribution in [-0.2, 0) is 20.9 Å². The Balaban J connectivity index is 1.26. The van der Waals surface area contributed by atoms with Crippen LogP contribution in [0.1, 0.15) is 61.9 Å². The lowest BCUT2D eigenvalue weighted by Crippen LogP contribution is -2.46. The summed E-state index contributed by atoms with van der Waals surface area (Å²) in [5, 5.41) is 9.23. The van der Waals surface area contributed by atoms with Gasteiger partial charge in [0.1, 0.15) is 5.01 Å². The summed E-state index contributed by atoms with van der Waals surface area (Å²) >= 11 is 1.69. The van der Waals surface area contributed by atoms with Crippen LogP contribution in [0, 0.1) is 5.92 Å². The number of rotatable bonds is 5. The van der Waals surface area contributed by atoms with Crippen LogP contribution in [0.3, 0.4) is 0 Å². The second kappa shape index (κ2) is 11.2. The average molecular weight is 562 g/mol. The smallest absolute Gasteiger partial charge is 0.314 e. The zero-order valence-corrected chi connectivity index (χ0v) is 24.0. The molecule has 0 spiro atoms. The van der Waals surface area contributed by atoms with Crippen molar-refractivity contribution in [2.45, 2.75) is 57.8 Å². The number of pyridine rings is 1. The number of ether oxygens (including phenoxy) is 1. The molecule has 0 aliphatic carbocycles. The number of thiazole rings is 1. The number of fused-ring (bicyclic) bond motifs is 2. The average Bonchev–Trinajstić information content (AvgIpc) is 3.56. The van der Waals surface area contributed by atoms with Gasteiger partial charge in [-0.05, 0) is 69.8 Å². The standard InChI is InChI=1S/C29H35N7O3S/c1-18-7-9-23(19-8-10-24-21(12-19)32-25(40-24)17-34(2)3)35(16-18)29(38)28(37)33-22-15-30-13-20-14-31-36(27(20)22)26-6-4-5-11-39-26/h8,10,12-15,18,23,26H,4-7,9,11,16-17H2,1-3H3,(H,33,37)/t18-,23+,26?/m0/s1. The fraction of sp³-hybridized carbons (Fsp3) is 0.483. The maximum atomic E-state index is 13.7. The molecular weight excluding hydrogens is 526 g/mol. The van der Waals surface area contributed by atoms with E-state index in [2.05, 4.69) is 45.4 Å². The second-order valence-corrected chi connectivity index (χ2v) is 12.3. The molecule has 10 nitrogen and oxygen atoms in total. The van der Waals surface area contributed by atoms with E-state index >= 15 is 0 Å². The predicted molar refractivity (Wildman–Crippen MR) is 155 cm³/mol. The van der Waals surface area contributed by atoms with Gasteiger partial charge in [0.25, 0.3) is 0 Å². The summed E-state index contributed by atoms with van der Waals surface area (Å²) in [6, 6.07) is 6.06. The van der Waals surface area contributed by atoms with Gasteiger partial charge in [-0.3, -0.25) is 14.6 Å². The Morgan fingerprint density at radius 1 is 1.15 bits per heavy atom. The van der Waals surface area contributed by atoms with Crippen molar-refractivity contribution in [3.63, 3.8) is 0 Å². The molecule has 3 aromatic heterocycles. The molecule has 2 aliphatic heterocycles. The van der Waals surface area contributed by atoms with Gasteiger partial charge < -0.3 is 19.9 Å². The number of aromatic nitrogens is 4. The van der Waals surface area contributed by atoms with E-state index in [0.717, 1.165) is 64.8 Å². The summed E-state index contributed by atoms with van der Waals surface area (Å²) in [5.41, 5.74) is 3.12. The number of likely N-dealkylation sites (tertiary alicyclic amines) is 1. The summed E-state index contributed by atoms with van der Waals surface area (Å²) in [4.78, 5) is 40.1. The fourth-order valence-electron chi connectivity index (χ4n) is 5.80. The largest absolute Gasteiger partial charge is 0.356 e. The lowest BCUT2D eigenvalue weighted by molar-refractivity contribution is -0.146. The number of nitrogens with zero attached hydrogens (tertiary/aromatic N) is 6. The van der Waals surface area contributed by atoms with Crippen LogP contribution in [0.15, 0.2) is 36.8 Å². The monoisotopic (exact) mass is 561 g/mol. The maximum Gasteiger partial charge on any atom is 0.314 e. The Morgan fingerprint density at radius 2 is 2.02 bits per heavy atom. The minimum atomic E-state index is -0.672. The lowest BCUT2D eigenvalue weighted by Gasteiger charge is -2.38. The highest BCUT2D eigenvalue weighted by Crippen LogP contribution is 2.36. The molecule has 2 fully saturated rings. The number of carbonyl (C=O) groups is 2. The number of piperidine rings is 1. The summed E-state index contributed by atoms with van der Waals surface area (Å²) in [5.74, 6) is -0.911. The molecule has 2 saturated heterocycles. The van der Waals surface area contributed by atoms with E-state index in [9.17, 15) is 9.59 Å². The molecular formula is C29H35N7O3S. The van der Waals surface area contributed by atoms with Crippen LogP contribution in [0.5, 0.6) is 0 Å². The van der Waals surface area contributed by atoms with Gasteiger partial charge in [-0.25, -0.2) is 9.67 Å². The first-order chi connectivity index (χ1) is 19.4. The van der Waals surface area contributed by atoms with E-state index in [-0.39, 0.29) is 12.3 Å². The molecule has 4 aromatic rings. The first kappa shape index (κ1) is 26.8. The van der Waals surface area contributed by atoms with Crippen LogP contribution in [0.2, 0.25) is 0 Å². The van der Waals surface area contributed by atoms with Gasteiger partial charge in [0, 0.05) is 31.3 Å². The number of anilines is 1. The topological polar surface area (TPSA) is 105 Å². The van der Waals surface area contributed by atoms with Crippen molar-refractivity contribution < 1.29 is 14.3 Å². The van der Waals surface area contributed by atoms with Crippen molar-refractivity contribution in [2.24, 2.45) is 5.92 Å². The molecule has 3 atom stereocenters.